The van der Waals surface area contributed by atoms with Crippen LogP contribution in [0.4, 0.5) is 13.2 Å². The van der Waals surface area contributed by atoms with Gasteiger partial charge in [0.2, 0.25) is 5.91 Å². The first-order valence-electron chi connectivity index (χ1n) is 6.70. The topological polar surface area (TPSA) is 41.6 Å². The molecular weight excluding hydrogens is 321 g/mol. The number of amides is 1. The molecule has 4 nitrogen and oxygen atoms in total. The maximum atomic E-state index is 12.2. The maximum Gasteiger partial charge on any atom is 0.573 e. The molecule has 1 heterocycles. The van der Waals surface area contributed by atoms with Crippen molar-refractivity contribution in [3.05, 3.63) is 29.8 Å². The minimum atomic E-state index is -4.70. The fourth-order valence-corrected chi connectivity index (χ4v) is 2.30. The van der Waals surface area contributed by atoms with E-state index in [1.807, 2.05) is 6.92 Å². The normalized spacial score (nSPS) is 18.5. The maximum absolute atomic E-state index is 12.2. The molecule has 1 aliphatic heterocycles. The molecule has 0 bridgehead atoms. The van der Waals surface area contributed by atoms with Crippen molar-refractivity contribution in [2.24, 2.45) is 0 Å². The van der Waals surface area contributed by atoms with Crippen LogP contribution >= 0.6 is 12.4 Å². The third kappa shape index (κ3) is 5.38. The minimum Gasteiger partial charge on any atom is -0.406 e. The number of piperazine rings is 1. The lowest BCUT2D eigenvalue weighted by molar-refractivity contribution is -0.274. The molecule has 0 saturated carbocycles. The van der Waals surface area contributed by atoms with Crippen molar-refractivity contribution >= 4 is 18.3 Å². The first kappa shape index (κ1) is 18.6. The van der Waals surface area contributed by atoms with E-state index in [2.05, 4.69) is 10.1 Å². The monoisotopic (exact) mass is 338 g/mol. The fourth-order valence-electron chi connectivity index (χ4n) is 2.30. The Hall–Kier alpha value is -1.47. The lowest BCUT2D eigenvalue weighted by atomic mass is 10.1. The Labute approximate surface area is 133 Å². The van der Waals surface area contributed by atoms with Crippen LogP contribution in [0, 0.1) is 0 Å². The van der Waals surface area contributed by atoms with Gasteiger partial charge in [-0.15, -0.1) is 25.6 Å². The number of rotatable bonds is 3. The zero-order valence-corrected chi connectivity index (χ0v) is 12.8. The minimum absolute atomic E-state index is 0. The largest absolute Gasteiger partial charge is 0.573 e. The number of carbonyl (C=O) groups is 1. The van der Waals surface area contributed by atoms with Gasteiger partial charge >= 0.3 is 6.36 Å². The van der Waals surface area contributed by atoms with Gasteiger partial charge in [-0.3, -0.25) is 4.79 Å². The van der Waals surface area contributed by atoms with Crippen LogP contribution < -0.4 is 10.1 Å². The molecule has 2 rings (SSSR count). The zero-order valence-electron chi connectivity index (χ0n) is 12.0. The Morgan fingerprint density at radius 1 is 1.36 bits per heavy atom. The summed E-state index contributed by atoms with van der Waals surface area (Å²) in [6.45, 7) is 4.12. The summed E-state index contributed by atoms with van der Waals surface area (Å²) in [6, 6.07) is 5.52. The van der Waals surface area contributed by atoms with Crippen LogP contribution in [0.15, 0.2) is 24.3 Å². The second kappa shape index (κ2) is 7.69. The zero-order chi connectivity index (χ0) is 15.5. The van der Waals surface area contributed by atoms with Crippen LogP contribution in [-0.2, 0) is 11.2 Å². The third-order valence-electron chi connectivity index (χ3n) is 3.33. The van der Waals surface area contributed by atoms with Crippen molar-refractivity contribution in [3.63, 3.8) is 0 Å². The van der Waals surface area contributed by atoms with E-state index in [9.17, 15) is 18.0 Å². The first-order chi connectivity index (χ1) is 9.85. The fraction of sp³-hybridized carbons (Fsp3) is 0.500. The molecule has 1 amide bonds. The molecule has 1 aromatic carbocycles. The second-order valence-corrected chi connectivity index (χ2v) is 5.01. The van der Waals surface area contributed by atoms with Crippen molar-refractivity contribution in [3.8, 4) is 5.75 Å². The van der Waals surface area contributed by atoms with Gasteiger partial charge in [0.05, 0.1) is 6.42 Å². The van der Waals surface area contributed by atoms with Crippen LogP contribution in [-0.4, -0.2) is 42.8 Å². The first-order valence-corrected chi connectivity index (χ1v) is 6.70. The molecule has 124 valence electrons. The quantitative estimate of drug-likeness (QED) is 0.920. The second-order valence-electron chi connectivity index (χ2n) is 5.01. The molecule has 0 aliphatic carbocycles. The van der Waals surface area contributed by atoms with E-state index in [1.165, 1.54) is 24.3 Å². The van der Waals surface area contributed by atoms with Crippen LogP contribution in [0.3, 0.4) is 0 Å². The summed E-state index contributed by atoms with van der Waals surface area (Å²) in [5.41, 5.74) is 0.667. The summed E-state index contributed by atoms with van der Waals surface area (Å²) >= 11 is 0. The molecule has 1 aliphatic rings. The van der Waals surface area contributed by atoms with E-state index >= 15 is 0 Å². The number of hydrogen-bond acceptors (Lipinski definition) is 3. The summed E-state index contributed by atoms with van der Waals surface area (Å²) in [6.07, 6.45) is -4.52. The van der Waals surface area contributed by atoms with Crippen molar-refractivity contribution in [1.82, 2.24) is 10.2 Å². The van der Waals surface area contributed by atoms with Crippen LogP contribution in [0.2, 0.25) is 0 Å². The molecule has 8 heteroatoms. The van der Waals surface area contributed by atoms with Gasteiger partial charge in [-0.05, 0) is 24.6 Å². The molecule has 1 saturated heterocycles. The van der Waals surface area contributed by atoms with Crippen molar-refractivity contribution in [2.45, 2.75) is 25.7 Å². The molecule has 0 aromatic heterocycles. The number of hydrogen-bond donors (Lipinski definition) is 1. The number of nitrogens with one attached hydrogen (secondary N) is 1. The van der Waals surface area contributed by atoms with Crippen LogP contribution in [0.25, 0.3) is 0 Å². The summed E-state index contributed by atoms with van der Waals surface area (Å²) < 4.78 is 39.9. The molecule has 0 radical (unpaired) electrons. The molecule has 22 heavy (non-hydrogen) atoms. The number of halogens is 4. The Morgan fingerprint density at radius 3 is 2.55 bits per heavy atom. The number of benzene rings is 1. The number of ether oxygens (including phenoxy) is 1. The SMILES string of the molecule is CC1CNCCN1C(=O)Cc1ccc(OC(F)(F)F)cc1.Cl. The van der Waals surface area contributed by atoms with Crippen molar-refractivity contribution < 1.29 is 22.7 Å². The van der Waals surface area contributed by atoms with E-state index in [0.29, 0.717) is 12.1 Å². The van der Waals surface area contributed by atoms with Crippen molar-refractivity contribution in [1.29, 1.82) is 0 Å². The lowest BCUT2D eigenvalue weighted by Gasteiger charge is -2.34. The van der Waals surface area contributed by atoms with E-state index in [1.54, 1.807) is 4.90 Å². The Kier molecular flexibility index (Phi) is 6.49. The average molecular weight is 339 g/mol. The van der Waals surface area contributed by atoms with E-state index in [0.717, 1.165) is 13.1 Å². The molecule has 1 fully saturated rings. The molecule has 1 atom stereocenters. The van der Waals surface area contributed by atoms with Crippen molar-refractivity contribution in [2.75, 3.05) is 19.6 Å². The van der Waals surface area contributed by atoms with E-state index in [4.69, 9.17) is 0 Å². The molecule has 1 aromatic rings. The lowest BCUT2D eigenvalue weighted by Crippen LogP contribution is -2.52. The average Bonchev–Trinajstić information content (AvgIpc) is 2.40. The summed E-state index contributed by atoms with van der Waals surface area (Å²) in [4.78, 5) is 14.0. The number of alkyl halides is 3. The molecule has 1 N–H and O–H groups in total. The van der Waals surface area contributed by atoms with Gasteiger partial charge in [0.15, 0.2) is 0 Å². The van der Waals surface area contributed by atoms with Gasteiger partial charge < -0.3 is 15.0 Å². The Bertz CT molecular complexity index is 494. The summed E-state index contributed by atoms with van der Waals surface area (Å²) in [5, 5.41) is 3.20. The van der Waals surface area contributed by atoms with Gasteiger partial charge in [0.25, 0.3) is 0 Å². The predicted octanol–water partition coefficient (Wildman–Crippen LogP) is 2.37. The van der Waals surface area contributed by atoms with E-state index < -0.39 is 6.36 Å². The van der Waals surface area contributed by atoms with Crippen LogP contribution in [0.1, 0.15) is 12.5 Å². The highest BCUT2D eigenvalue weighted by molar-refractivity contribution is 5.85. The smallest absolute Gasteiger partial charge is 0.406 e. The molecular formula is C14H18ClF3N2O2. The highest BCUT2D eigenvalue weighted by atomic mass is 35.5. The van der Waals surface area contributed by atoms with E-state index in [-0.39, 0.29) is 36.5 Å². The highest BCUT2D eigenvalue weighted by Gasteiger charge is 2.31. The van der Waals surface area contributed by atoms with Gasteiger partial charge in [-0.25, -0.2) is 0 Å². The van der Waals surface area contributed by atoms with Gasteiger partial charge in [-0.2, -0.15) is 0 Å². The Balaban J connectivity index is 0.00000242. The predicted molar refractivity (Wildman–Crippen MR) is 78.1 cm³/mol. The molecule has 0 spiro atoms. The van der Waals surface area contributed by atoms with Crippen LogP contribution in [0.5, 0.6) is 5.75 Å². The summed E-state index contributed by atoms with van der Waals surface area (Å²) in [7, 11) is 0. The standard InChI is InChI=1S/C14H17F3N2O2.ClH/c1-10-9-18-6-7-19(10)13(20)8-11-2-4-12(5-3-11)21-14(15,16)17;/h2-5,10,18H,6-9H2,1H3;1H. The Morgan fingerprint density at radius 2 is 2.00 bits per heavy atom. The highest BCUT2D eigenvalue weighted by Crippen LogP contribution is 2.23. The van der Waals surface area contributed by atoms with Gasteiger partial charge in [0.1, 0.15) is 5.75 Å². The summed E-state index contributed by atoms with van der Waals surface area (Å²) in [5.74, 6) is -0.303. The molecule has 1 unspecified atom stereocenters. The number of nitrogens with zero attached hydrogens (tertiary/aromatic N) is 1. The van der Waals surface area contributed by atoms with Gasteiger partial charge in [0, 0.05) is 25.7 Å². The number of carbonyl (C=O) groups excluding carboxylic acids is 1. The van der Waals surface area contributed by atoms with Gasteiger partial charge in [-0.1, -0.05) is 12.1 Å². The third-order valence-corrected chi connectivity index (χ3v) is 3.33.